The number of rotatable bonds is 1. The molecule has 0 atom stereocenters. The molecular formula is C12H10O. The molecule has 13 heavy (non-hydrogen) atoms. The SMILES string of the molecule is O=C1C=C(c2ccccc2)C=CC1. The van der Waals surface area contributed by atoms with Crippen molar-refractivity contribution in [3.8, 4) is 0 Å². The molecular weight excluding hydrogens is 160 g/mol. The summed E-state index contributed by atoms with van der Waals surface area (Å²) in [6.45, 7) is 0. The highest BCUT2D eigenvalue weighted by atomic mass is 16.1. The van der Waals surface area contributed by atoms with E-state index in [2.05, 4.69) is 0 Å². The first-order valence-electron chi connectivity index (χ1n) is 4.33. The highest BCUT2D eigenvalue weighted by Gasteiger charge is 2.04. The van der Waals surface area contributed by atoms with Crippen LogP contribution in [0.25, 0.3) is 5.57 Å². The Morgan fingerprint density at radius 3 is 2.54 bits per heavy atom. The first-order valence-corrected chi connectivity index (χ1v) is 4.33. The quantitative estimate of drug-likeness (QED) is 0.633. The van der Waals surface area contributed by atoms with Crippen LogP contribution in [0.5, 0.6) is 0 Å². The second kappa shape index (κ2) is 3.40. The summed E-state index contributed by atoms with van der Waals surface area (Å²) in [4.78, 5) is 11.1. The maximum atomic E-state index is 11.1. The van der Waals surface area contributed by atoms with Crippen LogP contribution in [-0.2, 0) is 4.79 Å². The van der Waals surface area contributed by atoms with Gasteiger partial charge in [-0.1, -0.05) is 42.5 Å². The van der Waals surface area contributed by atoms with E-state index in [-0.39, 0.29) is 5.78 Å². The van der Waals surface area contributed by atoms with Gasteiger partial charge in [0.1, 0.15) is 0 Å². The molecule has 0 saturated carbocycles. The van der Waals surface area contributed by atoms with Crippen molar-refractivity contribution < 1.29 is 4.79 Å². The van der Waals surface area contributed by atoms with Gasteiger partial charge in [-0.15, -0.1) is 0 Å². The van der Waals surface area contributed by atoms with E-state index >= 15 is 0 Å². The third kappa shape index (κ3) is 1.75. The summed E-state index contributed by atoms with van der Waals surface area (Å²) in [5, 5.41) is 0. The van der Waals surface area contributed by atoms with Crippen molar-refractivity contribution in [2.24, 2.45) is 0 Å². The predicted molar refractivity (Wildman–Crippen MR) is 53.2 cm³/mol. The number of carbonyl (C=O) groups is 1. The zero-order valence-corrected chi connectivity index (χ0v) is 7.23. The minimum absolute atomic E-state index is 0.182. The largest absolute Gasteiger partial charge is 0.294 e. The van der Waals surface area contributed by atoms with Crippen LogP contribution in [0.15, 0.2) is 48.6 Å². The first-order chi connectivity index (χ1) is 6.36. The molecule has 1 aromatic carbocycles. The summed E-state index contributed by atoms with van der Waals surface area (Å²) >= 11 is 0. The van der Waals surface area contributed by atoms with Crippen LogP contribution in [0.3, 0.4) is 0 Å². The third-order valence-electron chi connectivity index (χ3n) is 2.04. The maximum Gasteiger partial charge on any atom is 0.160 e. The van der Waals surface area contributed by atoms with Crippen LogP contribution in [0, 0.1) is 0 Å². The van der Waals surface area contributed by atoms with Gasteiger partial charge in [-0.05, 0) is 17.2 Å². The lowest BCUT2D eigenvalue weighted by molar-refractivity contribution is -0.113. The Morgan fingerprint density at radius 2 is 1.85 bits per heavy atom. The molecule has 1 aliphatic rings. The van der Waals surface area contributed by atoms with Crippen LogP contribution in [0.1, 0.15) is 12.0 Å². The molecule has 1 heteroatoms. The van der Waals surface area contributed by atoms with E-state index in [9.17, 15) is 4.79 Å². The van der Waals surface area contributed by atoms with Gasteiger partial charge in [0, 0.05) is 6.42 Å². The smallest absolute Gasteiger partial charge is 0.160 e. The summed E-state index contributed by atoms with van der Waals surface area (Å²) < 4.78 is 0. The lowest BCUT2D eigenvalue weighted by atomic mass is 9.99. The standard InChI is InChI=1S/C12H10O/c13-12-8-4-7-11(9-12)10-5-2-1-3-6-10/h1-7,9H,8H2. The Labute approximate surface area is 77.4 Å². The Hall–Kier alpha value is -1.63. The van der Waals surface area contributed by atoms with E-state index in [1.165, 1.54) is 0 Å². The summed E-state index contributed by atoms with van der Waals surface area (Å²) in [6, 6.07) is 9.94. The average Bonchev–Trinajstić information content (AvgIpc) is 2.19. The van der Waals surface area contributed by atoms with Gasteiger partial charge in [0.2, 0.25) is 0 Å². The molecule has 1 aromatic rings. The first kappa shape index (κ1) is 7.99. The summed E-state index contributed by atoms with van der Waals surface area (Å²) in [6.07, 6.45) is 6.15. The van der Waals surface area contributed by atoms with Crippen molar-refractivity contribution in [1.82, 2.24) is 0 Å². The van der Waals surface area contributed by atoms with E-state index in [4.69, 9.17) is 0 Å². The molecule has 0 amide bonds. The van der Waals surface area contributed by atoms with Gasteiger partial charge in [0.25, 0.3) is 0 Å². The number of carbonyl (C=O) groups excluding carboxylic acids is 1. The van der Waals surface area contributed by atoms with Gasteiger partial charge in [-0.25, -0.2) is 0 Å². The minimum Gasteiger partial charge on any atom is -0.294 e. The maximum absolute atomic E-state index is 11.1. The number of ketones is 1. The van der Waals surface area contributed by atoms with Crippen molar-refractivity contribution in [3.05, 3.63) is 54.1 Å². The molecule has 2 rings (SSSR count). The molecule has 1 aliphatic carbocycles. The Morgan fingerprint density at radius 1 is 1.08 bits per heavy atom. The number of benzene rings is 1. The summed E-state index contributed by atoms with van der Waals surface area (Å²) in [5.74, 6) is 0.182. The van der Waals surface area contributed by atoms with Crippen molar-refractivity contribution in [1.29, 1.82) is 0 Å². The highest BCUT2D eigenvalue weighted by Crippen LogP contribution is 2.18. The highest BCUT2D eigenvalue weighted by molar-refractivity contribution is 6.01. The number of allylic oxidation sites excluding steroid dienone is 4. The molecule has 64 valence electrons. The second-order valence-corrected chi connectivity index (χ2v) is 3.04. The molecule has 0 N–H and O–H groups in total. The predicted octanol–water partition coefficient (Wildman–Crippen LogP) is 2.60. The lowest BCUT2D eigenvalue weighted by Gasteiger charge is -2.05. The zero-order valence-electron chi connectivity index (χ0n) is 7.23. The third-order valence-corrected chi connectivity index (χ3v) is 2.04. The van der Waals surface area contributed by atoms with Crippen LogP contribution >= 0.6 is 0 Å². The van der Waals surface area contributed by atoms with Gasteiger partial charge in [-0.2, -0.15) is 0 Å². The fourth-order valence-electron chi connectivity index (χ4n) is 1.39. The fraction of sp³-hybridized carbons (Fsp3) is 0.0833. The molecule has 0 saturated heterocycles. The molecule has 0 unspecified atom stereocenters. The van der Waals surface area contributed by atoms with Crippen LogP contribution in [-0.4, -0.2) is 5.78 Å². The molecule has 0 aromatic heterocycles. The fourth-order valence-corrected chi connectivity index (χ4v) is 1.39. The van der Waals surface area contributed by atoms with Crippen LogP contribution in [0.4, 0.5) is 0 Å². The van der Waals surface area contributed by atoms with Gasteiger partial charge in [0.15, 0.2) is 5.78 Å². The second-order valence-electron chi connectivity index (χ2n) is 3.04. The van der Waals surface area contributed by atoms with Crippen molar-refractivity contribution in [2.75, 3.05) is 0 Å². The monoisotopic (exact) mass is 170 g/mol. The normalized spacial score (nSPS) is 15.7. The van der Waals surface area contributed by atoms with Crippen molar-refractivity contribution in [3.63, 3.8) is 0 Å². The molecule has 0 aliphatic heterocycles. The molecule has 0 heterocycles. The Bertz CT molecular complexity index is 371. The van der Waals surface area contributed by atoms with Crippen LogP contribution < -0.4 is 0 Å². The van der Waals surface area contributed by atoms with E-state index in [1.54, 1.807) is 6.08 Å². The minimum atomic E-state index is 0.182. The average molecular weight is 170 g/mol. The van der Waals surface area contributed by atoms with E-state index in [1.807, 2.05) is 42.5 Å². The topological polar surface area (TPSA) is 17.1 Å². The van der Waals surface area contributed by atoms with Gasteiger partial charge >= 0.3 is 0 Å². The molecule has 0 bridgehead atoms. The zero-order chi connectivity index (χ0) is 9.10. The molecule has 1 nitrogen and oxygen atoms in total. The molecule has 0 fully saturated rings. The van der Waals surface area contributed by atoms with Crippen molar-refractivity contribution in [2.45, 2.75) is 6.42 Å². The summed E-state index contributed by atoms with van der Waals surface area (Å²) in [7, 11) is 0. The Balaban J connectivity index is 2.37. The van der Waals surface area contributed by atoms with Gasteiger partial charge in [-0.3, -0.25) is 4.79 Å². The van der Waals surface area contributed by atoms with Crippen molar-refractivity contribution >= 4 is 11.4 Å². The summed E-state index contributed by atoms with van der Waals surface area (Å²) in [5.41, 5.74) is 2.11. The van der Waals surface area contributed by atoms with Crippen LogP contribution in [0.2, 0.25) is 0 Å². The lowest BCUT2D eigenvalue weighted by Crippen LogP contribution is -1.96. The van der Waals surface area contributed by atoms with E-state index in [0.717, 1.165) is 11.1 Å². The Kier molecular flexibility index (Phi) is 2.09. The molecule has 0 radical (unpaired) electrons. The molecule has 0 spiro atoms. The van der Waals surface area contributed by atoms with E-state index in [0.29, 0.717) is 6.42 Å². The number of hydrogen-bond donors (Lipinski definition) is 0. The van der Waals surface area contributed by atoms with E-state index < -0.39 is 0 Å². The van der Waals surface area contributed by atoms with Gasteiger partial charge < -0.3 is 0 Å². The van der Waals surface area contributed by atoms with Gasteiger partial charge in [0.05, 0.1) is 0 Å². The number of hydrogen-bond acceptors (Lipinski definition) is 1.